The van der Waals surface area contributed by atoms with Gasteiger partial charge in [0.2, 0.25) is 0 Å². The average Bonchev–Trinajstić information content (AvgIpc) is 3.18. The summed E-state index contributed by atoms with van der Waals surface area (Å²) < 4.78 is 23.0. The number of hydrogen-bond acceptors (Lipinski definition) is 8. The Hall–Kier alpha value is -3.07. The van der Waals surface area contributed by atoms with Gasteiger partial charge in [0.1, 0.15) is 17.2 Å². The summed E-state index contributed by atoms with van der Waals surface area (Å²) >= 11 is 10.4. The lowest BCUT2D eigenvalue weighted by molar-refractivity contribution is -0.147. The van der Waals surface area contributed by atoms with Crippen molar-refractivity contribution in [2.24, 2.45) is 0 Å². The van der Waals surface area contributed by atoms with Crippen LogP contribution < -0.4 is 14.2 Å². The minimum atomic E-state index is -1.09. The Kier molecular flexibility index (Phi) is 20.1. The number of ether oxygens (including phenoxy) is 4. The smallest absolute Gasteiger partial charge is 0.332 e. The van der Waals surface area contributed by atoms with Crippen molar-refractivity contribution in [3.05, 3.63) is 93.7 Å². The summed E-state index contributed by atoms with van der Waals surface area (Å²) in [6, 6.07) is 23.1. The van der Waals surface area contributed by atoms with E-state index in [9.17, 15) is 9.59 Å². The van der Waals surface area contributed by atoms with Crippen molar-refractivity contribution < 1.29 is 28.5 Å². The van der Waals surface area contributed by atoms with Crippen molar-refractivity contribution >= 4 is 52.5 Å². The summed E-state index contributed by atoms with van der Waals surface area (Å²) in [6.45, 7) is 15.9. The Morgan fingerprint density at radius 2 is 1.24 bits per heavy atom. The molecule has 1 fully saturated rings. The van der Waals surface area contributed by atoms with Gasteiger partial charge < -0.3 is 18.9 Å². The molecule has 9 heteroatoms. The van der Waals surface area contributed by atoms with Gasteiger partial charge in [0.05, 0.1) is 32.0 Å². The van der Waals surface area contributed by atoms with Crippen molar-refractivity contribution in [3.8, 4) is 17.2 Å². The fourth-order valence-electron chi connectivity index (χ4n) is 5.08. The molecule has 49 heavy (non-hydrogen) atoms. The van der Waals surface area contributed by atoms with Crippen LogP contribution in [0.1, 0.15) is 95.6 Å². The number of benzene rings is 3. The number of hydrogen-bond donors (Lipinski definition) is 0. The summed E-state index contributed by atoms with van der Waals surface area (Å²) in [4.78, 5) is 22.0. The highest BCUT2D eigenvalue weighted by atomic mass is 35.5. The first kappa shape index (κ1) is 42.1. The SMILES string of the molecule is CC.CC.CC.CCOC(=O)C1(Cl)CCOc2ccccc21.O=C1CCOc2ccccc21.c1ccc2c(c1)OCCC2=C1SCCCS1. The zero-order chi connectivity index (χ0) is 36.1. The standard InChI is InChI=1S/C13H14OS2.C12H13ClO3.C9H8O2.3C2H6/c1-2-5-12-10(4-1)11(6-7-14-12)13-15-8-3-9-16-13;1-2-15-11(14)12(13)7-8-16-10-6-4-3-5-9(10)12;10-8-5-6-11-9-4-2-1-3-7(8)9;3*1-2/h1-2,4-5H,3,6-9H2;3-6H,2,7-8H2,1H3;1-4H,5-6H2;3*1-2H3. The molecule has 0 N–H and O–H groups in total. The van der Waals surface area contributed by atoms with E-state index in [1.165, 1.54) is 33.3 Å². The molecule has 0 amide bonds. The Morgan fingerprint density at radius 1 is 0.735 bits per heavy atom. The fourth-order valence-corrected chi connectivity index (χ4v) is 8.11. The monoisotopic (exact) mass is 728 g/mol. The summed E-state index contributed by atoms with van der Waals surface area (Å²) in [5, 5.41) is 0. The number of carbonyl (C=O) groups is 2. The second-order valence-corrected chi connectivity index (χ2v) is 13.2. The highest BCUT2D eigenvalue weighted by Crippen LogP contribution is 2.45. The third-order valence-corrected chi connectivity index (χ3v) is 10.5. The predicted octanol–water partition coefficient (Wildman–Crippen LogP) is 11.2. The summed E-state index contributed by atoms with van der Waals surface area (Å²) in [5.74, 6) is 4.78. The van der Waals surface area contributed by atoms with Crippen molar-refractivity contribution in [1.29, 1.82) is 0 Å². The topological polar surface area (TPSA) is 71.1 Å². The first-order valence-electron chi connectivity index (χ1n) is 17.6. The summed E-state index contributed by atoms with van der Waals surface area (Å²) in [5.41, 5.74) is 4.24. The Morgan fingerprint density at radius 3 is 1.86 bits per heavy atom. The van der Waals surface area contributed by atoms with E-state index < -0.39 is 10.8 Å². The van der Waals surface area contributed by atoms with Crippen molar-refractivity contribution in [1.82, 2.24) is 0 Å². The van der Waals surface area contributed by atoms with E-state index in [1.54, 1.807) is 19.1 Å². The van der Waals surface area contributed by atoms with E-state index in [0.29, 0.717) is 44.0 Å². The largest absolute Gasteiger partial charge is 0.493 e. The third-order valence-electron chi connectivity index (χ3n) is 7.21. The van der Waals surface area contributed by atoms with Crippen LogP contribution >= 0.6 is 35.1 Å². The predicted molar refractivity (Wildman–Crippen MR) is 209 cm³/mol. The van der Waals surface area contributed by atoms with E-state index >= 15 is 0 Å². The van der Waals surface area contributed by atoms with Gasteiger partial charge in [-0.3, -0.25) is 4.79 Å². The van der Waals surface area contributed by atoms with Gasteiger partial charge in [-0.1, -0.05) is 90.1 Å². The number of rotatable bonds is 2. The van der Waals surface area contributed by atoms with E-state index in [4.69, 9.17) is 30.5 Å². The molecule has 0 saturated carbocycles. The molecule has 268 valence electrons. The highest BCUT2D eigenvalue weighted by Gasteiger charge is 2.44. The molecule has 0 aliphatic carbocycles. The molecule has 7 rings (SSSR count). The molecule has 3 aromatic rings. The van der Waals surface area contributed by atoms with Crippen LogP contribution in [0.4, 0.5) is 0 Å². The number of alkyl halides is 1. The van der Waals surface area contributed by atoms with Gasteiger partial charge in [-0.05, 0) is 54.7 Å². The van der Waals surface area contributed by atoms with Crippen molar-refractivity contribution in [2.75, 3.05) is 37.9 Å². The zero-order valence-electron chi connectivity index (χ0n) is 30.1. The molecule has 3 aromatic carbocycles. The van der Waals surface area contributed by atoms with Crippen LogP contribution in [0.3, 0.4) is 0 Å². The molecule has 0 radical (unpaired) electrons. The van der Waals surface area contributed by atoms with Crippen LogP contribution in [0.15, 0.2) is 77.0 Å². The van der Waals surface area contributed by atoms with Gasteiger partial charge in [0.15, 0.2) is 10.7 Å². The van der Waals surface area contributed by atoms with E-state index in [1.807, 2.05) is 108 Å². The summed E-state index contributed by atoms with van der Waals surface area (Å²) in [7, 11) is 0. The first-order chi connectivity index (χ1) is 24.0. The summed E-state index contributed by atoms with van der Waals surface area (Å²) in [6.07, 6.45) is 3.35. The molecule has 4 aliphatic rings. The minimum absolute atomic E-state index is 0.187. The lowest BCUT2D eigenvalue weighted by Gasteiger charge is -2.31. The molecule has 1 saturated heterocycles. The molecular formula is C40H53ClO6S2. The Balaban J connectivity index is 0.000000240. The Bertz CT molecular complexity index is 1470. The van der Waals surface area contributed by atoms with Crippen LogP contribution in [-0.2, 0) is 14.4 Å². The Labute approximate surface area is 307 Å². The molecule has 1 atom stereocenters. The molecular weight excluding hydrogens is 676 g/mol. The quantitative estimate of drug-likeness (QED) is 0.191. The lowest BCUT2D eigenvalue weighted by Crippen LogP contribution is -2.37. The number of ketones is 1. The third kappa shape index (κ3) is 11.8. The van der Waals surface area contributed by atoms with E-state index in [2.05, 4.69) is 18.2 Å². The number of Topliss-reactive ketones (excluding diaryl/α,β-unsaturated/α-hetero) is 1. The molecule has 0 bridgehead atoms. The van der Waals surface area contributed by atoms with Crippen LogP contribution in [0.5, 0.6) is 17.2 Å². The number of esters is 1. The van der Waals surface area contributed by atoms with Gasteiger partial charge in [0, 0.05) is 34.6 Å². The van der Waals surface area contributed by atoms with Crippen LogP contribution in [0, 0.1) is 0 Å². The van der Waals surface area contributed by atoms with Gasteiger partial charge in [-0.25, -0.2) is 4.79 Å². The maximum absolute atomic E-state index is 11.9. The van der Waals surface area contributed by atoms with Crippen LogP contribution in [0.2, 0.25) is 0 Å². The molecule has 0 spiro atoms. The maximum Gasteiger partial charge on any atom is 0.332 e. The molecule has 4 heterocycles. The molecule has 0 aromatic heterocycles. The second kappa shape index (κ2) is 23.4. The normalized spacial score (nSPS) is 18.0. The zero-order valence-corrected chi connectivity index (χ0v) is 32.5. The first-order valence-corrected chi connectivity index (χ1v) is 19.9. The molecule has 6 nitrogen and oxygen atoms in total. The number of halogens is 1. The van der Waals surface area contributed by atoms with Gasteiger partial charge in [-0.15, -0.1) is 35.1 Å². The van der Waals surface area contributed by atoms with Gasteiger partial charge in [-0.2, -0.15) is 0 Å². The fraction of sp³-hybridized carbons (Fsp3) is 0.450. The van der Waals surface area contributed by atoms with E-state index in [0.717, 1.165) is 30.1 Å². The number of para-hydroxylation sites is 3. The molecule has 1 unspecified atom stereocenters. The average molecular weight is 729 g/mol. The van der Waals surface area contributed by atoms with Crippen LogP contribution in [0.25, 0.3) is 5.57 Å². The van der Waals surface area contributed by atoms with Crippen molar-refractivity contribution in [2.45, 2.75) is 79.0 Å². The second-order valence-electron chi connectivity index (χ2n) is 10.0. The number of carbonyl (C=O) groups excluding carboxylic acids is 2. The highest BCUT2D eigenvalue weighted by molar-refractivity contribution is 8.23. The van der Waals surface area contributed by atoms with E-state index in [-0.39, 0.29) is 5.78 Å². The maximum atomic E-state index is 11.9. The van der Waals surface area contributed by atoms with Crippen LogP contribution in [-0.4, -0.2) is 49.7 Å². The van der Waals surface area contributed by atoms with Crippen molar-refractivity contribution in [3.63, 3.8) is 0 Å². The molecule has 4 aliphatic heterocycles. The number of fused-ring (bicyclic) bond motifs is 3. The van der Waals surface area contributed by atoms with Gasteiger partial charge in [0.25, 0.3) is 0 Å². The minimum Gasteiger partial charge on any atom is -0.493 e. The number of thioether (sulfide) groups is 2. The lowest BCUT2D eigenvalue weighted by atomic mass is 9.92. The van der Waals surface area contributed by atoms with Gasteiger partial charge >= 0.3 is 5.97 Å².